The lowest BCUT2D eigenvalue weighted by Gasteiger charge is -2.14. The van der Waals surface area contributed by atoms with Crippen molar-refractivity contribution < 1.29 is 4.74 Å². The van der Waals surface area contributed by atoms with Crippen LogP contribution in [0.5, 0.6) is 5.75 Å². The molecule has 1 rings (SSSR count). The summed E-state index contributed by atoms with van der Waals surface area (Å²) < 4.78 is 7.85. The van der Waals surface area contributed by atoms with Crippen molar-refractivity contribution in [2.75, 3.05) is 0 Å². The Labute approximate surface area is 139 Å². The van der Waals surface area contributed by atoms with E-state index in [1.54, 1.807) is 6.21 Å². The highest BCUT2D eigenvalue weighted by molar-refractivity contribution is 14.1. The number of nitrogens with two attached hydrogens (primary N) is 1. The molecular formula is C11H13I2N3OS. The van der Waals surface area contributed by atoms with E-state index in [1.165, 1.54) is 0 Å². The van der Waals surface area contributed by atoms with Crippen molar-refractivity contribution >= 4 is 68.7 Å². The van der Waals surface area contributed by atoms with E-state index in [1.807, 2.05) is 26.0 Å². The zero-order chi connectivity index (χ0) is 13.7. The molecule has 0 aliphatic rings. The minimum Gasteiger partial charge on any atom is -0.489 e. The van der Waals surface area contributed by atoms with Crippen LogP contribution in [0.15, 0.2) is 17.2 Å². The van der Waals surface area contributed by atoms with Gasteiger partial charge in [-0.1, -0.05) is 0 Å². The molecule has 0 heterocycles. The normalized spacial score (nSPS) is 10.9. The number of hydrazone groups is 1. The number of hydrogen-bond acceptors (Lipinski definition) is 3. The molecule has 0 atom stereocenters. The van der Waals surface area contributed by atoms with Crippen molar-refractivity contribution in [3.05, 3.63) is 24.8 Å². The van der Waals surface area contributed by atoms with Crippen LogP contribution in [-0.4, -0.2) is 17.4 Å². The number of nitrogens with zero attached hydrogens (tertiary/aromatic N) is 1. The van der Waals surface area contributed by atoms with E-state index >= 15 is 0 Å². The SMILES string of the molecule is CC(C)Oc1c(I)cc(/C=N\NC(N)=S)cc1I. The minimum absolute atomic E-state index is 0.149. The predicted molar refractivity (Wildman–Crippen MR) is 95.2 cm³/mol. The summed E-state index contributed by atoms with van der Waals surface area (Å²) in [5.41, 5.74) is 8.76. The third-order valence-corrected chi connectivity index (χ3v) is 3.46. The molecule has 1 aromatic rings. The van der Waals surface area contributed by atoms with Crippen molar-refractivity contribution in [2.24, 2.45) is 10.8 Å². The molecular weight excluding hydrogens is 476 g/mol. The first-order chi connectivity index (χ1) is 8.40. The highest BCUT2D eigenvalue weighted by Gasteiger charge is 2.09. The molecule has 0 bridgehead atoms. The van der Waals surface area contributed by atoms with E-state index in [2.05, 4.69) is 67.9 Å². The Morgan fingerprint density at radius 1 is 1.44 bits per heavy atom. The van der Waals surface area contributed by atoms with E-state index in [9.17, 15) is 0 Å². The van der Waals surface area contributed by atoms with Gasteiger partial charge in [-0.05, 0) is 88.9 Å². The zero-order valence-electron chi connectivity index (χ0n) is 9.91. The fraction of sp³-hybridized carbons (Fsp3) is 0.273. The highest BCUT2D eigenvalue weighted by atomic mass is 127. The van der Waals surface area contributed by atoms with Gasteiger partial charge < -0.3 is 10.5 Å². The number of thiocarbonyl (C=S) groups is 1. The van der Waals surface area contributed by atoms with Crippen LogP contribution >= 0.6 is 57.4 Å². The van der Waals surface area contributed by atoms with Crippen LogP contribution in [-0.2, 0) is 0 Å². The van der Waals surface area contributed by atoms with Gasteiger partial charge in [-0.3, -0.25) is 5.43 Å². The highest BCUT2D eigenvalue weighted by Crippen LogP contribution is 2.29. The summed E-state index contributed by atoms with van der Waals surface area (Å²) in [7, 11) is 0. The van der Waals surface area contributed by atoms with Crippen molar-refractivity contribution in [1.82, 2.24) is 5.43 Å². The first kappa shape index (κ1) is 15.9. The molecule has 0 saturated carbocycles. The second kappa shape index (κ2) is 7.43. The lowest BCUT2D eigenvalue weighted by Crippen LogP contribution is -2.24. The van der Waals surface area contributed by atoms with Crippen LogP contribution < -0.4 is 15.9 Å². The third-order valence-electron chi connectivity index (χ3n) is 1.76. The number of nitrogens with one attached hydrogen (secondary N) is 1. The third kappa shape index (κ3) is 5.22. The summed E-state index contributed by atoms with van der Waals surface area (Å²) in [5.74, 6) is 0.908. The quantitative estimate of drug-likeness (QED) is 0.296. The average molecular weight is 489 g/mol. The molecule has 0 fully saturated rings. The molecule has 1 aromatic carbocycles. The standard InChI is InChI=1S/C11H13I2N3OS/c1-6(2)17-10-8(12)3-7(4-9(10)13)5-15-16-11(14)18/h3-6H,1-2H3,(H3,14,16,18)/b15-5-. The fourth-order valence-corrected chi connectivity index (χ4v) is 3.30. The maximum atomic E-state index is 5.76. The van der Waals surface area contributed by atoms with E-state index in [-0.39, 0.29) is 11.2 Å². The number of halogens is 2. The Kier molecular flexibility index (Phi) is 6.57. The second-order valence-electron chi connectivity index (χ2n) is 3.71. The molecule has 3 N–H and O–H groups in total. The number of hydrogen-bond donors (Lipinski definition) is 2. The minimum atomic E-state index is 0.149. The van der Waals surface area contributed by atoms with E-state index in [0.29, 0.717) is 0 Å². The summed E-state index contributed by atoms with van der Waals surface area (Å²) in [4.78, 5) is 0. The molecule has 7 heteroatoms. The van der Waals surface area contributed by atoms with Crippen LogP contribution in [0.4, 0.5) is 0 Å². The summed E-state index contributed by atoms with van der Waals surface area (Å²) in [6, 6.07) is 3.98. The maximum absolute atomic E-state index is 5.76. The smallest absolute Gasteiger partial charge is 0.184 e. The van der Waals surface area contributed by atoms with Crippen LogP contribution in [0.25, 0.3) is 0 Å². The number of rotatable bonds is 4. The second-order valence-corrected chi connectivity index (χ2v) is 6.48. The molecule has 0 radical (unpaired) electrons. The fourth-order valence-electron chi connectivity index (χ4n) is 1.17. The van der Waals surface area contributed by atoms with E-state index in [0.717, 1.165) is 18.5 Å². The van der Waals surface area contributed by atoms with Crippen LogP contribution in [0.2, 0.25) is 0 Å². The van der Waals surface area contributed by atoms with Gasteiger partial charge in [0.25, 0.3) is 0 Å². The maximum Gasteiger partial charge on any atom is 0.184 e. The summed E-state index contributed by atoms with van der Waals surface area (Å²) >= 11 is 9.16. The van der Waals surface area contributed by atoms with E-state index in [4.69, 9.17) is 10.5 Å². The molecule has 0 saturated heterocycles. The number of ether oxygens (including phenoxy) is 1. The first-order valence-corrected chi connectivity index (χ1v) is 7.71. The zero-order valence-corrected chi connectivity index (χ0v) is 15.0. The topological polar surface area (TPSA) is 59.6 Å². The molecule has 0 unspecified atom stereocenters. The first-order valence-electron chi connectivity index (χ1n) is 5.14. The van der Waals surface area contributed by atoms with Crippen LogP contribution in [0, 0.1) is 7.14 Å². The Balaban J connectivity index is 2.92. The van der Waals surface area contributed by atoms with Gasteiger partial charge in [0.05, 0.1) is 19.5 Å². The Bertz CT molecular complexity index is 454. The van der Waals surface area contributed by atoms with Crippen LogP contribution in [0.3, 0.4) is 0 Å². The van der Waals surface area contributed by atoms with Gasteiger partial charge in [0.2, 0.25) is 0 Å². The lowest BCUT2D eigenvalue weighted by molar-refractivity contribution is 0.239. The number of benzene rings is 1. The Morgan fingerprint density at radius 2 is 2.00 bits per heavy atom. The lowest BCUT2D eigenvalue weighted by atomic mass is 10.2. The van der Waals surface area contributed by atoms with Crippen molar-refractivity contribution in [3.8, 4) is 5.75 Å². The van der Waals surface area contributed by atoms with Crippen LogP contribution in [0.1, 0.15) is 19.4 Å². The average Bonchev–Trinajstić information content (AvgIpc) is 2.22. The molecule has 0 amide bonds. The largest absolute Gasteiger partial charge is 0.489 e. The van der Waals surface area contributed by atoms with Gasteiger partial charge in [0, 0.05) is 0 Å². The Hall–Kier alpha value is -0.160. The van der Waals surface area contributed by atoms with Crippen molar-refractivity contribution in [1.29, 1.82) is 0 Å². The van der Waals surface area contributed by atoms with Gasteiger partial charge in [-0.25, -0.2) is 0 Å². The molecule has 0 aliphatic heterocycles. The van der Waals surface area contributed by atoms with Crippen molar-refractivity contribution in [3.63, 3.8) is 0 Å². The summed E-state index contributed by atoms with van der Waals surface area (Å²) in [6.07, 6.45) is 1.82. The summed E-state index contributed by atoms with van der Waals surface area (Å²) in [5, 5.41) is 4.07. The Morgan fingerprint density at radius 3 is 2.44 bits per heavy atom. The molecule has 0 aliphatic carbocycles. The van der Waals surface area contributed by atoms with Gasteiger partial charge in [-0.15, -0.1) is 0 Å². The van der Waals surface area contributed by atoms with Gasteiger partial charge in [-0.2, -0.15) is 5.10 Å². The predicted octanol–water partition coefficient (Wildman–Crippen LogP) is 2.85. The monoisotopic (exact) mass is 489 g/mol. The van der Waals surface area contributed by atoms with Gasteiger partial charge in [0.15, 0.2) is 5.11 Å². The summed E-state index contributed by atoms with van der Waals surface area (Å²) in [6.45, 7) is 4.02. The van der Waals surface area contributed by atoms with Gasteiger partial charge >= 0.3 is 0 Å². The van der Waals surface area contributed by atoms with E-state index < -0.39 is 0 Å². The molecule has 4 nitrogen and oxygen atoms in total. The van der Waals surface area contributed by atoms with Crippen molar-refractivity contribution in [2.45, 2.75) is 20.0 Å². The molecule has 0 spiro atoms. The van der Waals surface area contributed by atoms with Gasteiger partial charge in [0.1, 0.15) is 5.75 Å². The molecule has 0 aromatic heterocycles. The molecule has 18 heavy (non-hydrogen) atoms. The molecule has 98 valence electrons.